The smallest absolute Gasteiger partial charge is 0.253 e. The number of hydrogen-bond donors (Lipinski definition) is 1. The maximum absolute atomic E-state index is 13.8. The van der Waals surface area contributed by atoms with Gasteiger partial charge in [0.1, 0.15) is 5.82 Å². The highest BCUT2D eigenvalue weighted by atomic mass is 19.1. The van der Waals surface area contributed by atoms with Gasteiger partial charge in [-0.15, -0.1) is 0 Å². The highest BCUT2D eigenvalue weighted by molar-refractivity contribution is 5.94. The summed E-state index contributed by atoms with van der Waals surface area (Å²) < 4.78 is 20.0. The zero-order valence-electron chi connectivity index (χ0n) is 17.6. The Balaban J connectivity index is 1.29. The number of hydrogen-bond acceptors (Lipinski definition) is 4. The number of rotatable bonds is 3. The molecule has 6 heteroatoms. The number of nitrogens with zero attached hydrogens (tertiary/aromatic N) is 2. The molecule has 0 saturated carbocycles. The van der Waals surface area contributed by atoms with E-state index < -0.39 is 0 Å². The Hall–Kier alpha value is -1.50. The second-order valence-electron chi connectivity index (χ2n) is 9.49. The van der Waals surface area contributed by atoms with Crippen LogP contribution in [0.2, 0.25) is 0 Å². The normalized spacial score (nSPS) is 30.1. The van der Waals surface area contributed by atoms with Gasteiger partial charge in [-0.3, -0.25) is 9.69 Å². The van der Waals surface area contributed by atoms with Crippen molar-refractivity contribution in [1.82, 2.24) is 9.80 Å². The van der Waals surface area contributed by atoms with Crippen LogP contribution in [0.4, 0.5) is 4.39 Å². The van der Waals surface area contributed by atoms with Crippen LogP contribution in [0.25, 0.3) is 0 Å². The average Bonchev–Trinajstić information content (AvgIpc) is 3.09. The van der Waals surface area contributed by atoms with Gasteiger partial charge < -0.3 is 14.7 Å². The molecule has 3 aliphatic heterocycles. The summed E-state index contributed by atoms with van der Waals surface area (Å²) in [6, 6.07) is 4.74. The summed E-state index contributed by atoms with van der Waals surface area (Å²) in [7, 11) is 0. The summed E-state index contributed by atoms with van der Waals surface area (Å²) in [6.45, 7) is 8.63. The first-order valence-electron chi connectivity index (χ1n) is 10.9. The lowest BCUT2D eigenvalue weighted by atomic mass is 9.76. The van der Waals surface area contributed by atoms with Crippen molar-refractivity contribution in [1.29, 1.82) is 0 Å². The van der Waals surface area contributed by atoms with Gasteiger partial charge >= 0.3 is 0 Å². The van der Waals surface area contributed by atoms with Gasteiger partial charge in [0, 0.05) is 31.7 Å². The maximum Gasteiger partial charge on any atom is 0.253 e. The van der Waals surface area contributed by atoms with E-state index in [1.807, 2.05) is 4.90 Å². The fourth-order valence-corrected chi connectivity index (χ4v) is 5.02. The highest BCUT2D eigenvalue weighted by Crippen LogP contribution is 2.42. The molecular formula is C23H33FN2O3. The van der Waals surface area contributed by atoms with E-state index >= 15 is 0 Å². The molecule has 3 fully saturated rings. The van der Waals surface area contributed by atoms with E-state index in [1.54, 1.807) is 19.1 Å². The lowest BCUT2D eigenvalue weighted by Gasteiger charge is -2.39. The van der Waals surface area contributed by atoms with Crippen molar-refractivity contribution in [2.45, 2.75) is 51.7 Å². The molecule has 5 nitrogen and oxygen atoms in total. The fraction of sp³-hybridized carbons (Fsp3) is 0.696. The maximum atomic E-state index is 13.8. The summed E-state index contributed by atoms with van der Waals surface area (Å²) in [5.41, 5.74) is 1.15. The molecule has 160 valence electrons. The molecular weight excluding hydrogens is 371 g/mol. The van der Waals surface area contributed by atoms with Crippen LogP contribution in [0.3, 0.4) is 0 Å². The number of carbonyl (C=O) groups excluding carboxylic acids is 1. The van der Waals surface area contributed by atoms with E-state index in [0.29, 0.717) is 30.1 Å². The number of ether oxygens (including phenoxy) is 1. The number of aliphatic hydroxyl groups excluding tert-OH is 1. The summed E-state index contributed by atoms with van der Waals surface area (Å²) in [5, 5.41) is 10.1. The van der Waals surface area contributed by atoms with E-state index in [0.717, 1.165) is 51.9 Å². The number of benzene rings is 1. The van der Waals surface area contributed by atoms with Crippen molar-refractivity contribution >= 4 is 5.91 Å². The second kappa shape index (κ2) is 8.32. The number of aryl methyl sites for hydroxylation is 1. The number of aliphatic hydroxyl groups is 1. The molecule has 29 heavy (non-hydrogen) atoms. The van der Waals surface area contributed by atoms with Crippen LogP contribution < -0.4 is 0 Å². The molecule has 0 bridgehead atoms. The van der Waals surface area contributed by atoms with Crippen molar-refractivity contribution in [3.05, 3.63) is 35.1 Å². The van der Waals surface area contributed by atoms with Crippen LogP contribution >= 0.6 is 0 Å². The quantitative estimate of drug-likeness (QED) is 0.842. The van der Waals surface area contributed by atoms with Gasteiger partial charge in [0.15, 0.2) is 0 Å². The first-order chi connectivity index (χ1) is 13.8. The zero-order valence-corrected chi connectivity index (χ0v) is 17.6. The van der Waals surface area contributed by atoms with E-state index in [1.165, 1.54) is 6.07 Å². The minimum absolute atomic E-state index is 0.0781. The number of β-amino-alcohol motifs (C(OH)–C–C–N with tert-alkyl or cyclic N) is 1. The van der Waals surface area contributed by atoms with Crippen LogP contribution in [-0.2, 0) is 4.74 Å². The molecule has 1 aromatic rings. The lowest BCUT2D eigenvalue weighted by Crippen LogP contribution is -2.46. The third-order valence-electron chi connectivity index (χ3n) is 7.28. The fourth-order valence-electron chi connectivity index (χ4n) is 5.02. The zero-order chi connectivity index (χ0) is 20.6. The Morgan fingerprint density at radius 3 is 2.76 bits per heavy atom. The van der Waals surface area contributed by atoms with Gasteiger partial charge in [-0.05, 0) is 68.2 Å². The van der Waals surface area contributed by atoms with Gasteiger partial charge in [-0.25, -0.2) is 4.39 Å². The highest BCUT2D eigenvalue weighted by Gasteiger charge is 2.43. The summed E-state index contributed by atoms with van der Waals surface area (Å²) >= 11 is 0. The molecule has 0 radical (unpaired) electrons. The molecule has 3 atom stereocenters. The van der Waals surface area contributed by atoms with Crippen LogP contribution in [-0.4, -0.2) is 72.4 Å². The summed E-state index contributed by atoms with van der Waals surface area (Å²) in [6.07, 6.45) is 3.91. The van der Waals surface area contributed by atoms with Crippen molar-refractivity contribution < 1.29 is 19.0 Å². The Labute approximate surface area is 172 Å². The average molecular weight is 405 g/mol. The molecule has 0 unspecified atom stereocenters. The van der Waals surface area contributed by atoms with Crippen LogP contribution in [0.5, 0.6) is 0 Å². The molecule has 1 amide bonds. The minimum atomic E-state index is -0.325. The van der Waals surface area contributed by atoms with Crippen molar-refractivity contribution in [3.8, 4) is 0 Å². The topological polar surface area (TPSA) is 53.0 Å². The van der Waals surface area contributed by atoms with Gasteiger partial charge in [0.25, 0.3) is 5.91 Å². The Morgan fingerprint density at radius 2 is 2.07 bits per heavy atom. The molecule has 0 aromatic heterocycles. The number of likely N-dealkylation sites (tertiary alicyclic amines) is 2. The van der Waals surface area contributed by atoms with E-state index in [4.69, 9.17) is 4.74 Å². The SMILES string of the molecule is Cc1ccc(C(=O)N2CCC3(CC2)CO[C@@H](CN2CC[C@@H](C)[C@H](O)C2)C3)cc1F. The Morgan fingerprint density at radius 1 is 1.31 bits per heavy atom. The molecule has 0 aliphatic carbocycles. The van der Waals surface area contributed by atoms with Crippen LogP contribution in [0, 0.1) is 24.1 Å². The summed E-state index contributed by atoms with van der Waals surface area (Å²) in [4.78, 5) is 16.9. The van der Waals surface area contributed by atoms with E-state index in [2.05, 4.69) is 11.8 Å². The van der Waals surface area contributed by atoms with Crippen molar-refractivity contribution in [2.75, 3.05) is 39.3 Å². The molecule has 3 saturated heterocycles. The predicted octanol–water partition coefficient (Wildman–Crippen LogP) is 2.85. The van der Waals surface area contributed by atoms with Gasteiger partial charge in [0.2, 0.25) is 0 Å². The molecule has 4 rings (SSSR count). The minimum Gasteiger partial charge on any atom is -0.392 e. The molecule has 3 heterocycles. The monoisotopic (exact) mass is 404 g/mol. The van der Waals surface area contributed by atoms with Gasteiger partial charge in [0.05, 0.1) is 18.8 Å². The van der Waals surface area contributed by atoms with Crippen molar-refractivity contribution in [2.24, 2.45) is 11.3 Å². The standard InChI is InChI=1S/C23H33FN2O3/c1-16-3-4-18(11-20(16)24)22(28)26-9-6-23(7-10-26)12-19(29-15-23)13-25-8-5-17(2)21(27)14-25/h3-4,11,17,19,21,27H,5-10,12-15H2,1-2H3/t17-,19-,21-/m1/s1. The van der Waals surface area contributed by atoms with E-state index in [9.17, 15) is 14.3 Å². The number of halogens is 1. The first kappa shape index (κ1) is 20.8. The molecule has 1 aromatic carbocycles. The number of carbonyl (C=O) groups is 1. The van der Waals surface area contributed by atoms with Crippen molar-refractivity contribution in [3.63, 3.8) is 0 Å². The largest absolute Gasteiger partial charge is 0.392 e. The second-order valence-corrected chi connectivity index (χ2v) is 9.49. The van der Waals surface area contributed by atoms with Gasteiger partial charge in [-0.2, -0.15) is 0 Å². The first-order valence-corrected chi connectivity index (χ1v) is 10.9. The Kier molecular flexibility index (Phi) is 5.96. The summed E-state index contributed by atoms with van der Waals surface area (Å²) in [5.74, 6) is -0.0230. The number of amides is 1. The van der Waals surface area contributed by atoms with Crippen LogP contribution in [0.15, 0.2) is 18.2 Å². The third kappa shape index (κ3) is 4.49. The van der Waals surface area contributed by atoms with Gasteiger partial charge in [-0.1, -0.05) is 13.0 Å². The number of piperidine rings is 2. The predicted molar refractivity (Wildman–Crippen MR) is 109 cm³/mol. The van der Waals surface area contributed by atoms with Crippen LogP contribution in [0.1, 0.15) is 48.5 Å². The lowest BCUT2D eigenvalue weighted by molar-refractivity contribution is 0.000908. The third-order valence-corrected chi connectivity index (χ3v) is 7.28. The Bertz CT molecular complexity index is 748. The van der Waals surface area contributed by atoms with E-state index in [-0.39, 0.29) is 29.3 Å². The molecule has 3 aliphatic rings. The molecule has 1 N–H and O–H groups in total. The molecule has 1 spiro atoms.